The van der Waals surface area contributed by atoms with Crippen molar-refractivity contribution in [2.24, 2.45) is 0 Å². The predicted molar refractivity (Wildman–Crippen MR) is 69.7 cm³/mol. The van der Waals surface area contributed by atoms with Gasteiger partial charge in [-0.3, -0.25) is 4.79 Å². The molecule has 0 radical (unpaired) electrons. The Labute approximate surface area is 114 Å². The van der Waals surface area contributed by atoms with Gasteiger partial charge in [0.05, 0.1) is 6.61 Å². The van der Waals surface area contributed by atoms with E-state index in [4.69, 9.17) is 9.15 Å². The molecule has 19 heavy (non-hydrogen) atoms. The summed E-state index contributed by atoms with van der Waals surface area (Å²) < 4.78 is 10.4. The van der Waals surface area contributed by atoms with Gasteiger partial charge in [0, 0.05) is 12.0 Å². The summed E-state index contributed by atoms with van der Waals surface area (Å²) in [5.74, 6) is 0.258. The number of cyclic esters (lactones) is 1. The number of aromatic nitrogens is 2. The van der Waals surface area contributed by atoms with Gasteiger partial charge >= 0.3 is 5.97 Å². The molecule has 1 saturated heterocycles. The van der Waals surface area contributed by atoms with Gasteiger partial charge in [0.25, 0.3) is 5.22 Å². The van der Waals surface area contributed by atoms with Crippen LogP contribution in [-0.4, -0.2) is 28.0 Å². The zero-order valence-corrected chi connectivity index (χ0v) is 11.1. The van der Waals surface area contributed by atoms with Crippen molar-refractivity contribution in [1.29, 1.82) is 0 Å². The molecule has 0 N–H and O–H groups in total. The molecule has 0 unspecified atom stereocenters. The number of hydrogen-bond acceptors (Lipinski definition) is 6. The van der Waals surface area contributed by atoms with Crippen LogP contribution in [0.25, 0.3) is 11.5 Å². The van der Waals surface area contributed by atoms with Gasteiger partial charge in [-0.05, 0) is 30.8 Å². The van der Waals surface area contributed by atoms with Gasteiger partial charge in [0.2, 0.25) is 5.89 Å². The third-order valence-electron chi connectivity index (χ3n) is 2.84. The number of aryl methyl sites for hydroxylation is 1. The fraction of sp³-hybridized carbons (Fsp3) is 0.308. The molecule has 0 saturated carbocycles. The molecule has 1 aromatic heterocycles. The fourth-order valence-electron chi connectivity index (χ4n) is 1.78. The molecule has 1 aromatic carbocycles. The standard InChI is InChI=1S/C13H12N2O3S/c1-8-2-4-9(5-3-8)11-14-15-13(18-11)19-10-6-7-17-12(10)16/h2-5,10H,6-7H2,1H3/t10-/m0/s1. The molecule has 0 spiro atoms. The first-order valence-corrected chi connectivity index (χ1v) is 6.84. The van der Waals surface area contributed by atoms with E-state index in [0.717, 1.165) is 5.56 Å². The number of benzene rings is 1. The normalized spacial score (nSPS) is 18.6. The molecule has 6 heteroatoms. The Bertz CT molecular complexity index is 594. The summed E-state index contributed by atoms with van der Waals surface area (Å²) in [5, 5.41) is 8.12. The number of carbonyl (C=O) groups is 1. The van der Waals surface area contributed by atoms with Gasteiger partial charge in [-0.1, -0.05) is 17.7 Å². The van der Waals surface area contributed by atoms with Crippen LogP contribution in [0.1, 0.15) is 12.0 Å². The molecular weight excluding hydrogens is 264 g/mol. The van der Waals surface area contributed by atoms with Crippen molar-refractivity contribution in [3.63, 3.8) is 0 Å². The van der Waals surface area contributed by atoms with Crippen LogP contribution < -0.4 is 0 Å². The van der Waals surface area contributed by atoms with Crippen LogP contribution >= 0.6 is 11.8 Å². The number of ether oxygens (including phenoxy) is 1. The first-order valence-electron chi connectivity index (χ1n) is 5.96. The van der Waals surface area contributed by atoms with E-state index < -0.39 is 0 Å². The highest BCUT2D eigenvalue weighted by Gasteiger charge is 2.29. The van der Waals surface area contributed by atoms with Crippen LogP contribution in [-0.2, 0) is 9.53 Å². The Hall–Kier alpha value is -1.82. The maximum Gasteiger partial charge on any atom is 0.319 e. The fourth-order valence-corrected chi connectivity index (χ4v) is 2.61. The Balaban J connectivity index is 1.75. The van der Waals surface area contributed by atoms with Crippen molar-refractivity contribution in [2.45, 2.75) is 23.8 Å². The molecule has 1 aliphatic heterocycles. The van der Waals surface area contributed by atoms with E-state index in [1.165, 1.54) is 17.3 Å². The molecule has 1 fully saturated rings. The summed E-state index contributed by atoms with van der Waals surface area (Å²) in [7, 11) is 0. The largest absolute Gasteiger partial charge is 0.465 e. The molecule has 1 atom stereocenters. The van der Waals surface area contributed by atoms with E-state index >= 15 is 0 Å². The molecule has 98 valence electrons. The number of hydrogen-bond donors (Lipinski definition) is 0. The predicted octanol–water partition coefficient (Wildman–Crippen LogP) is 2.45. The van der Waals surface area contributed by atoms with Gasteiger partial charge in [0.15, 0.2) is 0 Å². The average Bonchev–Trinajstić information content (AvgIpc) is 3.01. The van der Waals surface area contributed by atoms with E-state index in [9.17, 15) is 4.79 Å². The molecule has 0 bridgehead atoms. The highest BCUT2D eigenvalue weighted by molar-refractivity contribution is 8.00. The van der Waals surface area contributed by atoms with Crippen LogP contribution in [0.2, 0.25) is 0 Å². The van der Waals surface area contributed by atoms with E-state index in [0.29, 0.717) is 24.1 Å². The second-order valence-electron chi connectivity index (χ2n) is 4.30. The second-order valence-corrected chi connectivity index (χ2v) is 5.46. The van der Waals surface area contributed by atoms with Gasteiger partial charge in [0.1, 0.15) is 5.25 Å². The van der Waals surface area contributed by atoms with Crippen LogP contribution in [0, 0.1) is 6.92 Å². The average molecular weight is 276 g/mol. The monoisotopic (exact) mass is 276 g/mol. The minimum atomic E-state index is -0.230. The van der Waals surface area contributed by atoms with Crippen LogP contribution in [0.3, 0.4) is 0 Å². The Morgan fingerprint density at radius 3 is 2.74 bits per heavy atom. The quantitative estimate of drug-likeness (QED) is 0.802. The number of rotatable bonds is 3. The third-order valence-corrected chi connectivity index (χ3v) is 3.91. The van der Waals surface area contributed by atoms with Crippen molar-refractivity contribution in [2.75, 3.05) is 6.61 Å². The van der Waals surface area contributed by atoms with Crippen LogP contribution in [0.15, 0.2) is 33.9 Å². The topological polar surface area (TPSA) is 65.2 Å². The lowest BCUT2D eigenvalue weighted by Crippen LogP contribution is -2.09. The highest BCUT2D eigenvalue weighted by Crippen LogP contribution is 2.30. The molecule has 0 amide bonds. The summed E-state index contributed by atoms with van der Waals surface area (Å²) in [6, 6.07) is 7.84. The van der Waals surface area contributed by atoms with Gasteiger partial charge in [-0.2, -0.15) is 0 Å². The molecule has 0 aliphatic carbocycles. The molecule has 2 aromatic rings. The van der Waals surface area contributed by atoms with Gasteiger partial charge < -0.3 is 9.15 Å². The van der Waals surface area contributed by atoms with E-state index in [1.54, 1.807) is 0 Å². The van der Waals surface area contributed by atoms with Crippen molar-refractivity contribution in [1.82, 2.24) is 10.2 Å². The van der Waals surface area contributed by atoms with E-state index in [2.05, 4.69) is 10.2 Å². The molecular formula is C13H12N2O3S. The third kappa shape index (κ3) is 2.63. The summed E-state index contributed by atoms with van der Waals surface area (Å²) >= 11 is 1.26. The second kappa shape index (κ2) is 5.05. The number of thioether (sulfide) groups is 1. The summed E-state index contributed by atoms with van der Waals surface area (Å²) in [6.45, 7) is 2.49. The number of esters is 1. The van der Waals surface area contributed by atoms with E-state index in [1.807, 2.05) is 31.2 Å². The molecule has 1 aliphatic rings. The van der Waals surface area contributed by atoms with Crippen LogP contribution in [0.4, 0.5) is 0 Å². The minimum Gasteiger partial charge on any atom is -0.465 e. The molecule has 5 nitrogen and oxygen atoms in total. The number of nitrogens with zero attached hydrogens (tertiary/aromatic N) is 2. The Kier molecular flexibility index (Phi) is 3.25. The lowest BCUT2D eigenvalue weighted by atomic mass is 10.1. The lowest BCUT2D eigenvalue weighted by Gasteiger charge is -1.99. The summed E-state index contributed by atoms with van der Waals surface area (Å²) in [5.41, 5.74) is 2.05. The first kappa shape index (κ1) is 12.2. The van der Waals surface area contributed by atoms with Crippen LogP contribution in [0.5, 0.6) is 0 Å². The zero-order valence-electron chi connectivity index (χ0n) is 10.3. The molecule has 2 heterocycles. The zero-order chi connectivity index (χ0) is 13.2. The SMILES string of the molecule is Cc1ccc(-c2nnc(S[C@H]3CCOC3=O)o2)cc1. The summed E-state index contributed by atoms with van der Waals surface area (Å²) in [4.78, 5) is 11.4. The highest BCUT2D eigenvalue weighted by atomic mass is 32.2. The smallest absolute Gasteiger partial charge is 0.319 e. The first-order chi connectivity index (χ1) is 9.22. The Morgan fingerprint density at radius 1 is 1.26 bits per heavy atom. The van der Waals surface area contributed by atoms with E-state index in [-0.39, 0.29) is 11.2 Å². The Morgan fingerprint density at radius 2 is 2.05 bits per heavy atom. The lowest BCUT2D eigenvalue weighted by molar-refractivity contribution is -0.137. The maximum absolute atomic E-state index is 11.4. The van der Waals surface area contributed by atoms with Gasteiger partial charge in [-0.15, -0.1) is 10.2 Å². The van der Waals surface area contributed by atoms with Crippen molar-refractivity contribution in [3.05, 3.63) is 29.8 Å². The van der Waals surface area contributed by atoms with Gasteiger partial charge in [-0.25, -0.2) is 0 Å². The molecule has 3 rings (SSSR count). The minimum absolute atomic E-state index is 0.208. The maximum atomic E-state index is 11.4. The summed E-state index contributed by atoms with van der Waals surface area (Å²) in [6.07, 6.45) is 0.686. The van der Waals surface area contributed by atoms with Crippen molar-refractivity contribution < 1.29 is 13.9 Å². The van der Waals surface area contributed by atoms with Crippen molar-refractivity contribution >= 4 is 17.7 Å². The van der Waals surface area contributed by atoms with Crippen molar-refractivity contribution in [3.8, 4) is 11.5 Å². The number of carbonyl (C=O) groups excluding carboxylic acids is 1.